The molecule has 1 amide bonds. The molecule has 8 heteroatoms. The Hall–Kier alpha value is -2.90. The monoisotopic (exact) mass is 425 g/mol. The van der Waals surface area contributed by atoms with Gasteiger partial charge in [0.25, 0.3) is 0 Å². The van der Waals surface area contributed by atoms with Crippen molar-refractivity contribution in [3.63, 3.8) is 0 Å². The second kappa shape index (κ2) is 9.28. The summed E-state index contributed by atoms with van der Waals surface area (Å²) in [7, 11) is 0. The number of nitrogens with zero attached hydrogens (tertiary/aromatic N) is 4. The zero-order valence-electron chi connectivity index (χ0n) is 16.6. The van der Waals surface area contributed by atoms with E-state index in [1.165, 1.54) is 30.0 Å². The fourth-order valence-corrected chi connectivity index (χ4v) is 3.85. The van der Waals surface area contributed by atoms with Crippen molar-refractivity contribution in [3.8, 4) is 28.1 Å². The Balaban J connectivity index is 1.57. The molecule has 1 fully saturated rings. The number of piperidine rings is 1. The Morgan fingerprint density at radius 3 is 2.60 bits per heavy atom. The molecule has 3 aromatic rings. The number of halogens is 1. The van der Waals surface area contributed by atoms with E-state index in [1.54, 1.807) is 30.7 Å². The van der Waals surface area contributed by atoms with Crippen LogP contribution in [0.2, 0.25) is 5.02 Å². The average Bonchev–Trinajstić information content (AvgIpc) is 3.23. The summed E-state index contributed by atoms with van der Waals surface area (Å²) < 4.78 is 1.32. The summed E-state index contributed by atoms with van der Waals surface area (Å²) in [6, 6.07) is 8.34. The quantitative estimate of drug-likeness (QED) is 0.645. The number of carbonyl (C=O) groups is 1. The molecule has 0 atom stereocenters. The first-order chi connectivity index (χ1) is 14.6. The van der Waals surface area contributed by atoms with Crippen molar-refractivity contribution in [2.75, 3.05) is 26.2 Å². The zero-order chi connectivity index (χ0) is 20.9. The van der Waals surface area contributed by atoms with Crippen molar-refractivity contribution in [1.82, 2.24) is 25.0 Å². The molecule has 30 heavy (non-hydrogen) atoms. The number of carbonyl (C=O) groups excluding carboxylic acids is 1. The fraction of sp³-hybridized carbons (Fsp3) is 0.318. The molecule has 7 nitrogen and oxygen atoms in total. The normalized spacial score (nSPS) is 14.6. The van der Waals surface area contributed by atoms with Gasteiger partial charge in [0.2, 0.25) is 0 Å². The summed E-state index contributed by atoms with van der Waals surface area (Å²) in [6.45, 7) is 3.60. The first-order valence-corrected chi connectivity index (χ1v) is 10.5. The van der Waals surface area contributed by atoms with E-state index in [-0.39, 0.29) is 16.8 Å². The Bertz CT molecular complexity index is 1020. The lowest BCUT2D eigenvalue weighted by Gasteiger charge is -2.26. The molecule has 3 heterocycles. The third-order valence-corrected chi connectivity index (χ3v) is 5.59. The maximum Gasteiger partial charge on any atom is 0.342 e. The van der Waals surface area contributed by atoms with E-state index in [1.807, 2.05) is 12.1 Å². The summed E-state index contributed by atoms with van der Waals surface area (Å²) in [5, 5.41) is 17.4. The van der Waals surface area contributed by atoms with E-state index in [2.05, 4.69) is 20.3 Å². The molecule has 2 N–H and O–H groups in total. The number of hydrogen-bond donors (Lipinski definition) is 2. The molecule has 156 valence electrons. The molecule has 1 aromatic carbocycles. The van der Waals surface area contributed by atoms with E-state index in [0.717, 1.165) is 30.8 Å². The van der Waals surface area contributed by atoms with Crippen molar-refractivity contribution in [1.29, 1.82) is 0 Å². The number of phenolic OH excluding ortho intramolecular Hbond substituents is 1. The average molecular weight is 426 g/mol. The lowest BCUT2D eigenvalue weighted by molar-refractivity contribution is 0.220. The highest BCUT2D eigenvalue weighted by molar-refractivity contribution is 6.32. The molecule has 0 unspecified atom stereocenters. The second-order valence-corrected chi connectivity index (χ2v) is 7.78. The number of benzene rings is 1. The van der Waals surface area contributed by atoms with Crippen molar-refractivity contribution in [3.05, 3.63) is 53.9 Å². The van der Waals surface area contributed by atoms with Crippen LogP contribution in [-0.2, 0) is 0 Å². The van der Waals surface area contributed by atoms with Gasteiger partial charge in [0.15, 0.2) is 0 Å². The SMILES string of the molecule is O=C(NCCN1CCCCC1)n1cc(-c2ccncc2)c(-c2ccc(O)c(Cl)c2)n1. The lowest BCUT2D eigenvalue weighted by Crippen LogP contribution is -2.39. The van der Waals surface area contributed by atoms with Crippen LogP contribution < -0.4 is 5.32 Å². The minimum atomic E-state index is -0.279. The number of rotatable bonds is 5. The maximum absolute atomic E-state index is 12.7. The minimum absolute atomic E-state index is 0.000709. The smallest absolute Gasteiger partial charge is 0.342 e. The Morgan fingerprint density at radius 2 is 1.87 bits per heavy atom. The van der Waals surface area contributed by atoms with Crippen LogP contribution in [0.1, 0.15) is 19.3 Å². The number of phenols is 1. The predicted octanol–water partition coefficient (Wildman–Crippen LogP) is 4.01. The highest BCUT2D eigenvalue weighted by atomic mass is 35.5. The summed E-state index contributed by atoms with van der Waals surface area (Å²) in [5.74, 6) is 0.000709. The molecule has 0 spiro atoms. The number of amides is 1. The largest absolute Gasteiger partial charge is 0.506 e. The van der Waals surface area contributed by atoms with E-state index < -0.39 is 0 Å². The highest BCUT2D eigenvalue weighted by Gasteiger charge is 2.18. The lowest BCUT2D eigenvalue weighted by atomic mass is 10.0. The molecule has 0 aliphatic carbocycles. The van der Waals surface area contributed by atoms with Crippen molar-refractivity contribution in [2.45, 2.75) is 19.3 Å². The summed E-state index contributed by atoms with van der Waals surface area (Å²) in [4.78, 5) is 19.2. The summed E-state index contributed by atoms with van der Waals surface area (Å²) in [6.07, 6.45) is 8.83. The van der Waals surface area contributed by atoms with Crippen LogP contribution in [0.4, 0.5) is 4.79 Å². The van der Waals surface area contributed by atoms with Crippen LogP contribution in [0.25, 0.3) is 22.4 Å². The third kappa shape index (κ3) is 4.63. The number of likely N-dealkylation sites (tertiary alicyclic amines) is 1. The standard InChI is InChI=1S/C22H24ClN5O2/c23-19-14-17(4-5-20(19)29)21-18(16-6-8-24-9-7-16)15-28(26-21)22(30)25-10-13-27-11-2-1-3-12-27/h4-9,14-15,29H,1-3,10-13H2,(H,25,30). The first kappa shape index (κ1) is 20.4. The molecule has 1 aliphatic heterocycles. The topological polar surface area (TPSA) is 83.3 Å². The third-order valence-electron chi connectivity index (χ3n) is 5.29. The summed E-state index contributed by atoms with van der Waals surface area (Å²) >= 11 is 6.10. The molecule has 0 saturated carbocycles. The van der Waals surface area contributed by atoms with Gasteiger partial charge in [-0.3, -0.25) is 4.98 Å². The van der Waals surface area contributed by atoms with Gasteiger partial charge < -0.3 is 15.3 Å². The number of aromatic hydroxyl groups is 1. The molecule has 0 bridgehead atoms. The van der Waals surface area contributed by atoms with Gasteiger partial charge in [-0.2, -0.15) is 9.78 Å². The molecule has 2 aromatic heterocycles. The molecule has 0 radical (unpaired) electrons. The second-order valence-electron chi connectivity index (χ2n) is 7.37. The van der Waals surface area contributed by atoms with Crippen molar-refractivity contribution < 1.29 is 9.90 Å². The zero-order valence-corrected chi connectivity index (χ0v) is 17.3. The van der Waals surface area contributed by atoms with E-state index in [4.69, 9.17) is 11.6 Å². The van der Waals surface area contributed by atoms with Crippen molar-refractivity contribution in [2.24, 2.45) is 0 Å². The molecule has 1 saturated heterocycles. The number of nitrogens with one attached hydrogen (secondary N) is 1. The Labute approximate surface area is 180 Å². The van der Waals surface area contributed by atoms with Crippen LogP contribution in [0.3, 0.4) is 0 Å². The van der Waals surface area contributed by atoms with Gasteiger partial charge in [-0.15, -0.1) is 0 Å². The van der Waals surface area contributed by atoms with E-state index in [9.17, 15) is 9.90 Å². The maximum atomic E-state index is 12.7. The summed E-state index contributed by atoms with van der Waals surface area (Å²) in [5.41, 5.74) is 2.99. The van der Waals surface area contributed by atoms with Gasteiger partial charge in [0, 0.05) is 42.8 Å². The molecule has 1 aliphatic rings. The number of pyridine rings is 1. The molecule has 4 rings (SSSR count). The first-order valence-electron chi connectivity index (χ1n) is 10.1. The molecular formula is C22H24ClN5O2. The van der Waals surface area contributed by atoms with Gasteiger partial charge in [-0.1, -0.05) is 18.0 Å². The van der Waals surface area contributed by atoms with E-state index >= 15 is 0 Å². The van der Waals surface area contributed by atoms with Gasteiger partial charge >= 0.3 is 6.03 Å². The minimum Gasteiger partial charge on any atom is -0.506 e. The van der Waals surface area contributed by atoms with Crippen LogP contribution in [0.15, 0.2) is 48.9 Å². The van der Waals surface area contributed by atoms with Gasteiger partial charge in [-0.25, -0.2) is 4.79 Å². The van der Waals surface area contributed by atoms with Gasteiger partial charge in [0.05, 0.1) is 5.02 Å². The van der Waals surface area contributed by atoms with Gasteiger partial charge in [0.1, 0.15) is 11.4 Å². The van der Waals surface area contributed by atoms with Gasteiger partial charge in [-0.05, 0) is 61.8 Å². The fourth-order valence-electron chi connectivity index (χ4n) is 3.67. The molecular weight excluding hydrogens is 402 g/mol. The van der Waals surface area contributed by atoms with Crippen LogP contribution in [0.5, 0.6) is 5.75 Å². The highest BCUT2D eigenvalue weighted by Crippen LogP contribution is 2.34. The van der Waals surface area contributed by atoms with Crippen LogP contribution in [0, 0.1) is 0 Å². The van der Waals surface area contributed by atoms with Crippen molar-refractivity contribution >= 4 is 17.6 Å². The number of aromatic nitrogens is 3. The van der Waals surface area contributed by atoms with Crippen LogP contribution >= 0.6 is 11.6 Å². The Kier molecular flexibility index (Phi) is 6.30. The number of hydrogen-bond acceptors (Lipinski definition) is 5. The van der Waals surface area contributed by atoms with E-state index in [0.29, 0.717) is 17.8 Å². The predicted molar refractivity (Wildman–Crippen MR) is 117 cm³/mol. The Morgan fingerprint density at radius 1 is 1.10 bits per heavy atom. The van der Waals surface area contributed by atoms with Crippen LogP contribution in [-0.4, -0.2) is 57.0 Å².